The van der Waals surface area contributed by atoms with E-state index in [4.69, 9.17) is 9.84 Å². The minimum Gasteiger partial charge on any atom is -0.465 e. The van der Waals surface area contributed by atoms with Crippen LogP contribution in [0.5, 0.6) is 0 Å². The molecule has 1 aliphatic heterocycles. The number of ether oxygens (including phenoxy) is 2. The number of benzene rings is 1. The van der Waals surface area contributed by atoms with Crippen molar-refractivity contribution in [2.75, 3.05) is 33.4 Å². The highest BCUT2D eigenvalue weighted by atomic mass is 32.2. The van der Waals surface area contributed by atoms with E-state index in [2.05, 4.69) is 4.74 Å². The fraction of sp³-hybridized carbons (Fsp3) is 0.462. The monoisotopic (exact) mass is 315 g/mol. The van der Waals surface area contributed by atoms with Gasteiger partial charge in [0.2, 0.25) is 10.0 Å². The molecule has 0 saturated carbocycles. The van der Waals surface area contributed by atoms with Crippen molar-refractivity contribution in [3.05, 3.63) is 29.8 Å². The molecule has 0 spiro atoms. The van der Waals surface area contributed by atoms with E-state index in [1.54, 1.807) is 0 Å². The standard InChI is InChI=1S/C13H17NO6S/c1-19-13(16)10-3-2-4-12(7-10)21(17,18)14-5-6-20-11(8-14)9-15/h2-4,7,11,15H,5-6,8-9H2,1H3. The molecule has 0 amide bonds. The molecule has 1 N–H and O–H groups in total. The lowest BCUT2D eigenvalue weighted by atomic mass is 10.2. The number of carbonyl (C=O) groups excluding carboxylic acids is 1. The number of nitrogens with zero attached hydrogens (tertiary/aromatic N) is 1. The minimum atomic E-state index is -3.73. The maximum absolute atomic E-state index is 12.5. The van der Waals surface area contributed by atoms with Gasteiger partial charge in [-0.25, -0.2) is 13.2 Å². The van der Waals surface area contributed by atoms with Crippen LogP contribution in [-0.4, -0.2) is 63.3 Å². The van der Waals surface area contributed by atoms with E-state index >= 15 is 0 Å². The van der Waals surface area contributed by atoms with Gasteiger partial charge in [0.1, 0.15) is 0 Å². The fourth-order valence-corrected chi connectivity index (χ4v) is 3.57. The zero-order valence-corrected chi connectivity index (χ0v) is 12.4. The minimum absolute atomic E-state index is 0.0176. The molecular formula is C13H17NO6S. The molecule has 1 aromatic rings. The van der Waals surface area contributed by atoms with Crippen molar-refractivity contribution < 1.29 is 27.8 Å². The predicted octanol–water partition coefficient (Wildman–Crippen LogP) is -0.145. The summed E-state index contributed by atoms with van der Waals surface area (Å²) in [5.41, 5.74) is 0.172. The van der Waals surface area contributed by atoms with E-state index < -0.39 is 22.1 Å². The summed E-state index contributed by atoms with van der Waals surface area (Å²) in [7, 11) is -2.50. The van der Waals surface area contributed by atoms with Gasteiger partial charge in [0.05, 0.1) is 36.9 Å². The molecule has 0 aromatic heterocycles. The van der Waals surface area contributed by atoms with E-state index in [-0.39, 0.29) is 36.8 Å². The molecule has 0 aliphatic carbocycles. The summed E-state index contributed by atoms with van der Waals surface area (Å²) in [5.74, 6) is -0.595. The Kier molecular flexibility index (Phi) is 4.94. The Morgan fingerprint density at radius 3 is 2.95 bits per heavy atom. The predicted molar refractivity (Wildman–Crippen MR) is 73.4 cm³/mol. The number of methoxy groups -OCH3 is 1. The van der Waals surface area contributed by atoms with Crippen LogP contribution in [0.1, 0.15) is 10.4 Å². The van der Waals surface area contributed by atoms with Crippen LogP contribution in [-0.2, 0) is 19.5 Å². The lowest BCUT2D eigenvalue weighted by Gasteiger charge is -2.31. The second-order valence-corrected chi connectivity index (χ2v) is 6.50. The van der Waals surface area contributed by atoms with Crippen molar-refractivity contribution in [3.8, 4) is 0 Å². The average Bonchev–Trinajstić information content (AvgIpc) is 2.54. The largest absolute Gasteiger partial charge is 0.465 e. The first-order valence-corrected chi connectivity index (χ1v) is 7.84. The maximum atomic E-state index is 12.5. The topological polar surface area (TPSA) is 93.1 Å². The summed E-state index contributed by atoms with van der Waals surface area (Å²) < 4.78 is 36.2. The molecule has 21 heavy (non-hydrogen) atoms. The van der Waals surface area contributed by atoms with Crippen molar-refractivity contribution in [3.63, 3.8) is 0 Å². The lowest BCUT2D eigenvalue weighted by Crippen LogP contribution is -2.46. The van der Waals surface area contributed by atoms with Crippen LogP contribution in [0.4, 0.5) is 0 Å². The normalized spacial score (nSPS) is 20.2. The van der Waals surface area contributed by atoms with Gasteiger partial charge in [-0.2, -0.15) is 4.31 Å². The number of rotatable bonds is 4. The van der Waals surface area contributed by atoms with Crippen molar-refractivity contribution in [1.29, 1.82) is 0 Å². The number of hydrogen-bond acceptors (Lipinski definition) is 6. The molecule has 1 unspecified atom stereocenters. The number of hydrogen-bond donors (Lipinski definition) is 1. The van der Waals surface area contributed by atoms with Gasteiger partial charge >= 0.3 is 5.97 Å². The number of morpholine rings is 1. The molecule has 0 bridgehead atoms. The third-order valence-electron chi connectivity index (χ3n) is 3.20. The highest BCUT2D eigenvalue weighted by molar-refractivity contribution is 7.89. The van der Waals surface area contributed by atoms with E-state index in [0.717, 1.165) is 0 Å². The second-order valence-electron chi connectivity index (χ2n) is 4.56. The average molecular weight is 315 g/mol. The molecule has 1 atom stereocenters. The molecule has 2 rings (SSSR count). The molecule has 0 radical (unpaired) electrons. The van der Waals surface area contributed by atoms with Crippen LogP contribution in [0.15, 0.2) is 29.2 Å². The Hall–Kier alpha value is -1.48. The Morgan fingerprint density at radius 2 is 2.29 bits per heavy atom. The first-order chi connectivity index (χ1) is 9.98. The van der Waals surface area contributed by atoms with Gasteiger partial charge in [-0.05, 0) is 18.2 Å². The molecule has 1 aromatic carbocycles. The summed E-state index contributed by atoms with van der Waals surface area (Å²) in [6.45, 7) is 0.276. The molecule has 1 saturated heterocycles. The molecular weight excluding hydrogens is 298 g/mol. The number of sulfonamides is 1. The van der Waals surface area contributed by atoms with E-state index in [0.29, 0.717) is 0 Å². The first kappa shape index (κ1) is 15.9. The Morgan fingerprint density at radius 1 is 1.52 bits per heavy atom. The second kappa shape index (κ2) is 6.52. The molecule has 7 nitrogen and oxygen atoms in total. The Labute approximate surface area is 123 Å². The van der Waals surface area contributed by atoms with E-state index in [1.807, 2.05) is 0 Å². The third kappa shape index (κ3) is 3.41. The van der Waals surface area contributed by atoms with Gasteiger partial charge in [-0.3, -0.25) is 0 Å². The fourth-order valence-electron chi connectivity index (χ4n) is 2.07. The summed E-state index contributed by atoms with van der Waals surface area (Å²) in [4.78, 5) is 11.5. The SMILES string of the molecule is COC(=O)c1cccc(S(=O)(=O)N2CCOC(CO)C2)c1. The van der Waals surface area contributed by atoms with Gasteiger partial charge < -0.3 is 14.6 Å². The molecule has 8 heteroatoms. The number of aliphatic hydroxyl groups is 1. The quantitative estimate of drug-likeness (QED) is 0.777. The summed E-state index contributed by atoms with van der Waals surface area (Å²) >= 11 is 0. The summed E-state index contributed by atoms with van der Waals surface area (Å²) in [6.07, 6.45) is -0.530. The maximum Gasteiger partial charge on any atom is 0.337 e. The zero-order chi connectivity index (χ0) is 15.5. The van der Waals surface area contributed by atoms with Crippen LogP contribution in [0.25, 0.3) is 0 Å². The van der Waals surface area contributed by atoms with Crippen LogP contribution in [0.3, 0.4) is 0 Å². The van der Waals surface area contributed by atoms with Gasteiger partial charge in [-0.15, -0.1) is 0 Å². The number of aliphatic hydroxyl groups excluding tert-OH is 1. The third-order valence-corrected chi connectivity index (χ3v) is 5.06. The van der Waals surface area contributed by atoms with Crippen LogP contribution in [0, 0.1) is 0 Å². The van der Waals surface area contributed by atoms with Crippen molar-refractivity contribution >= 4 is 16.0 Å². The zero-order valence-electron chi connectivity index (χ0n) is 11.6. The number of carbonyl (C=O) groups is 1. The summed E-state index contributed by atoms with van der Waals surface area (Å²) in [6, 6.07) is 5.68. The summed E-state index contributed by atoms with van der Waals surface area (Å²) in [5, 5.41) is 9.09. The Bertz CT molecular complexity index is 615. The van der Waals surface area contributed by atoms with Crippen molar-refractivity contribution in [2.45, 2.75) is 11.0 Å². The smallest absolute Gasteiger partial charge is 0.337 e. The molecule has 116 valence electrons. The first-order valence-electron chi connectivity index (χ1n) is 6.40. The van der Waals surface area contributed by atoms with Gasteiger partial charge in [0.15, 0.2) is 0 Å². The van der Waals surface area contributed by atoms with Crippen molar-refractivity contribution in [1.82, 2.24) is 4.31 Å². The van der Waals surface area contributed by atoms with E-state index in [1.165, 1.54) is 35.7 Å². The number of esters is 1. The Balaban J connectivity index is 2.29. The highest BCUT2D eigenvalue weighted by Crippen LogP contribution is 2.20. The van der Waals surface area contributed by atoms with Crippen LogP contribution in [0.2, 0.25) is 0 Å². The van der Waals surface area contributed by atoms with Gasteiger partial charge in [0.25, 0.3) is 0 Å². The van der Waals surface area contributed by atoms with Crippen LogP contribution >= 0.6 is 0 Å². The molecule has 1 aliphatic rings. The lowest BCUT2D eigenvalue weighted by molar-refractivity contribution is -0.0304. The van der Waals surface area contributed by atoms with Gasteiger partial charge in [0, 0.05) is 13.1 Å². The van der Waals surface area contributed by atoms with Crippen LogP contribution < -0.4 is 0 Å². The molecule has 1 heterocycles. The van der Waals surface area contributed by atoms with E-state index in [9.17, 15) is 13.2 Å². The molecule has 1 fully saturated rings. The van der Waals surface area contributed by atoms with Gasteiger partial charge in [-0.1, -0.05) is 6.07 Å². The van der Waals surface area contributed by atoms with Crippen molar-refractivity contribution in [2.24, 2.45) is 0 Å². The highest BCUT2D eigenvalue weighted by Gasteiger charge is 2.30.